The monoisotopic (exact) mass is 395 g/mol. The second-order valence-corrected chi connectivity index (χ2v) is 7.17. The number of nitrogens with zero attached hydrogens (tertiary/aromatic N) is 1. The summed E-state index contributed by atoms with van der Waals surface area (Å²) in [6.45, 7) is 2.56. The van der Waals surface area contributed by atoms with Gasteiger partial charge in [0.1, 0.15) is 17.2 Å². The number of ketones is 1. The summed E-state index contributed by atoms with van der Waals surface area (Å²) in [5.41, 5.74) is 1.69. The molecule has 0 saturated carbocycles. The molecule has 1 atom stereocenters. The second kappa shape index (κ2) is 10.1. The molecule has 0 amide bonds. The van der Waals surface area contributed by atoms with Gasteiger partial charge in [0.05, 0.1) is 26.9 Å². The predicted octanol–water partition coefficient (Wildman–Crippen LogP) is 4.32. The highest BCUT2D eigenvalue weighted by atomic mass is 16.5. The molecule has 1 heterocycles. The summed E-state index contributed by atoms with van der Waals surface area (Å²) in [5, 5.41) is 0. The van der Waals surface area contributed by atoms with Crippen LogP contribution in [0.3, 0.4) is 0 Å². The van der Waals surface area contributed by atoms with E-state index in [4.69, 9.17) is 14.2 Å². The number of likely N-dealkylation sites (tertiary alicyclic amines) is 1. The number of ether oxygens (including phenoxy) is 3. The lowest BCUT2D eigenvalue weighted by atomic mass is 9.89. The topological polar surface area (TPSA) is 48.0 Å². The van der Waals surface area contributed by atoms with Gasteiger partial charge in [-0.3, -0.25) is 9.69 Å². The molecule has 0 bridgehead atoms. The summed E-state index contributed by atoms with van der Waals surface area (Å²) in [6.07, 6.45) is 6.13. The number of Topliss-reactive ketones (excluding diaryl/α,β-unsaturated/α-hetero) is 1. The summed E-state index contributed by atoms with van der Waals surface area (Å²) in [5.74, 6) is 2.24. The van der Waals surface area contributed by atoms with E-state index < -0.39 is 0 Å². The van der Waals surface area contributed by atoms with Crippen LogP contribution >= 0.6 is 0 Å². The van der Waals surface area contributed by atoms with Crippen molar-refractivity contribution >= 4 is 11.9 Å². The first kappa shape index (κ1) is 20.9. The van der Waals surface area contributed by atoms with Crippen LogP contribution in [0.25, 0.3) is 6.08 Å². The highest BCUT2D eigenvalue weighted by Gasteiger charge is 2.28. The number of hydrogen-bond acceptors (Lipinski definition) is 5. The molecule has 1 aliphatic heterocycles. The van der Waals surface area contributed by atoms with Crippen LogP contribution in [0.4, 0.5) is 0 Å². The Bertz CT molecular complexity index is 862. The SMILES string of the molecule is COc1ccc(C(=O)[C@@H]2CCCN(C/C=C/c3ccccc3OC)C2)c(OC)c1. The van der Waals surface area contributed by atoms with Gasteiger partial charge in [0.2, 0.25) is 0 Å². The lowest BCUT2D eigenvalue weighted by Crippen LogP contribution is -2.38. The molecule has 1 fully saturated rings. The molecule has 0 N–H and O–H groups in total. The van der Waals surface area contributed by atoms with Gasteiger partial charge in [-0.2, -0.15) is 0 Å². The van der Waals surface area contributed by atoms with Gasteiger partial charge in [-0.15, -0.1) is 0 Å². The molecule has 2 aromatic carbocycles. The summed E-state index contributed by atoms with van der Waals surface area (Å²) in [6, 6.07) is 13.3. The summed E-state index contributed by atoms with van der Waals surface area (Å²) < 4.78 is 16.1. The standard InChI is InChI=1S/C24H29NO4/c1-27-20-12-13-21(23(16-20)29-3)24(26)19-10-7-15-25(17-19)14-6-9-18-8-4-5-11-22(18)28-2/h4-6,8-9,11-13,16,19H,7,10,14-15,17H2,1-3H3/b9-6+/t19-/m1/s1. The van der Waals surface area contributed by atoms with Crippen LogP contribution in [0.5, 0.6) is 17.2 Å². The molecule has 0 unspecified atom stereocenters. The van der Waals surface area contributed by atoms with Gasteiger partial charge in [-0.1, -0.05) is 30.4 Å². The van der Waals surface area contributed by atoms with Crippen molar-refractivity contribution in [2.75, 3.05) is 41.0 Å². The third-order valence-electron chi connectivity index (χ3n) is 5.35. The molecule has 0 aromatic heterocycles. The Balaban J connectivity index is 1.64. The number of piperidine rings is 1. The third-order valence-corrected chi connectivity index (χ3v) is 5.35. The fourth-order valence-electron chi connectivity index (χ4n) is 3.79. The first-order valence-corrected chi connectivity index (χ1v) is 9.94. The summed E-state index contributed by atoms with van der Waals surface area (Å²) in [4.78, 5) is 15.4. The van der Waals surface area contributed by atoms with E-state index in [0.717, 1.165) is 43.8 Å². The van der Waals surface area contributed by atoms with E-state index >= 15 is 0 Å². The van der Waals surface area contributed by atoms with Gasteiger partial charge < -0.3 is 14.2 Å². The molecule has 0 aliphatic carbocycles. The van der Waals surface area contributed by atoms with Crippen LogP contribution in [0.2, 0.25) is 0 Å². The Morgan fingerprint density at radius 3 is 2.62 bits per heavy atom. The van der Waals surface area contributed by atoms with Crippen molar-refractivity contribution in [3.8, 4) is 17.2 Å². The van der Waals surface area contributed by atoms with Gasteiger partial charge in [0.25, 0.3) is 0 Å². The van der Waals surface area contributed by atoms with E-state index in [1.807, 2.05) is 30.3 Å². The minimum atomic E-state index is -0.0225. The Morgan fingerprint density at radius 1 is 1.07 bits per heavy atom. The normalized spacial score (nSPS) is 17.3. The van der Waals surface area contributed by atoms with Crippen molar-refractivity contribution in [3.05, 3.63) is 59.7 Å². The quantitative estimate of drug-likeness (QED) is 0.623. The first-order chi connectivity index (χ1) is 14.2. The molecule has 1 aliphatic rings. The van der Waals surface area contributed by atoms with E-state index in [1.54, 1.807) is 33.5 Å². The molecule has 3 rings (SSSR count). The number of para-hydroxylation sites is 1. The van der Waals surface area contributed by atoms with Crippen molar-refractivity contribution in [2.45, 2.75) is 12.8 Å². The lowest BCUT2D eigenvalue weighted by molar-refractivity contribution is 0.0828. The molecular formula is C24H29NO4. The van der Waals surface area contributed by atoms with E-state index in [1.165, 1.54) is 0 Å². The van der Waals surface area contributed by atoms with E-state index in [-0.39, 0.29) is 11.7 Å². The first-order valence-electron chi connectivity index (χ1n) is 9.94. The second-order valence-electron chi connectivity index (χ2n) is 7.17. The van der Waals surface area contributed by atoms with Crippen LogP contribution in [0, 0.1) is 5.92 Å². The zero-order valence-corrected chi connectivity index (χ0v) is 17.4. The van der Waals surface area contributed by atoms with Gasteiger partial charge in [-0.05, 0) is 37.6 Å². The number of carbonyl (C=O) groups is 1. The molecule has 0 radical (unpaired) electrons. The Labute approximate surface area is 172 Å². The fourth-order valence-corrected chi connectivity index (χ4v) is 3.79. The molecule has 1 saturated heterocycles. The molecule has 2 aromatic rings. The van der Waals surface area contributed by atoms with Crippen molar-refractivity contribution in [1.82, 2.24) is 4.90 Å². The molecular weight excluding hydrogens is 366 g/mol. The van der Waals surface area contributed by atoms with E-state index in [2.05, 4.69) is 17.1 Å². The van der Waals surface area contributed by atoms with Crippen molar-refractivity contribution in [2.24, 2.45) is 5.92 Å². The highest BCUT2D eigenvalue weighted by Crippen LogP contribution is 2.29. The summed E-state index contributed by atoms with van der Waals surface area (Å²) in [7, 11) is 4.87. The molecule has 0 spiro atoms. The van der Waals surface area contributed by atoms with Gasteiger partial charge in [-0.25, -0.2) is 0 Å². The zero-order valence-electron chi connectivity index (χ0n) is 17.4. The van der Waals surface area contributed by atoms with E-state index in [0.29, 0.717) is 17.1 Å². The predicted molar refractivity (Wildman–Crippen MR) is 115 cm³/mol. The number of rotatable bonds is 8. The maximum Gasteiger partial charge on any atom is 0.170 e. The van der Waals surface area contributed by atoms with Crippen LogP contribution in [0.1, 0.15) is 28.8 Å². The minimum absolute atomic E-state index is 0.0225. The molecule has 154 valence electrons. The lowest BCUT2D eigenvalue weighted by Gasteiger charge is -2.31. The van der Waals surface area contributed by atoms with E-state index in [9.17, 15) is 4.79 Å². The van der Waals surface area contributed by atoms with Gasteiger partial charge in [0, 0.05) is 30.6 Å². The van der Waals surface area contributed by atoms with Crippen molar-refractivity contribution < 1.29 is 19.0 Å². The number of methoxy groups -OCH3 is 3. The Morgan fingerprint density at radius 2 is 1.86 bits per heavy atom. The maximum absolute atomic E-state index is 13.1. The largest absolute Gasteiger partial charge is 0.497 e. The third kappa shape index (κ3) is 5.18. The number of carbonyl (C=O) groups excluding carboxylic acids is 1. The van der Waals surface area contributed by atoms with Crippen LogP contribution in [-0.4, -0.2) is 51.6 Å². The van der Waals surface area contributed by atoms with Gasteiger partial charge >= 0.3 is 0 Å². The summed E-state index contributed by atoms with van der Waals surface area (Å²) >= 11 is 0. The van der Waals surface area contributed by atoms with Gasteiger partial charge in [0.15, 0.2) is 5.78 Å². The molecule has 29 heavy (non-hydrogen) atoms. The highest BCUT2D eigenvalue weighted by molar-refractivity contribution is 6.00. The number of hydrogen-bond donors (Lipinski definition) is 0. The molecule has 5 heteroatoms. The van der Waals surface area contributed by atoms with Crippen LogP contribution < -0.4 is 14.2 Å². The van der Waals surface area contributed by atoms with Crippen molar-refractivity contribution in [1.29, 1.82) is 0 Å². The Kier molecular flexibility index (Phi) is 7.30. The molecule has 5 nitrogen and oxygen atoms in total. The van der Waals surface area contributed by atoms with Crippen molar-refractivity contribution in [3.63, 3.8) is 0 Å². The maximum atomic E-state index is 13.1. The van der Waals surface area contributed by atoms with Crippen LogP contribution in [-0.2, 0) is 0 Å². The minimum Gasteiger partial charge on any atom is -0.497 e. The smallest absolute Gasteiger partial charge is 0.170 e. The zero-order chi connectivity index (χ0) is 20.6. The van der Waals surface area contributed by atoms with Crippen LogP contribution in [0.15, 0.2) is 48.5 Å². The Hall–Kier alpha value is -2.79. The average Bonchev–Trinajstić information content (AvgIpc) is 2.78. The fraction of sp³-hybridized carbons (Fsp3) is 0.375. The number of benzene rings is 2. The average molecular weight is 395 g/mol.